The molecule has 0 aliphatic heterocycles. The molecule has 6 nitrogen and oxygen atoms in total. The van der Waals surface area contributed by atoms with Crippen LogP contribution >= 0.6 is 11.6 Å². The van der Waals surface area contributed by atoms with Crippen LogP contribution in [0.2, 0.25) is 5.02 Å². The van der Waals surface area contributed by atoms with Crippen molar-refractivity contribution in [3.05, 3.63) is 76.3 Å². The number of carboxylic acids is 1. The molecule has 0 unspecified atom stereocenters. The summed E-state index contributed by atoms with van der Waals surface area (Å²) in [7, 11) is -4.70. The third kappa shape index (κ3) is 3.94. The lowest BCUT2D eigenvalue weighted by atomic mass is 10.0. The lowest BCUT2D eigenvalue weighted by Gasteiger charge is -2.16. The van der Waals surface area contributed by atoms with E-state index in [0.29, 0.717) is 11.6 Å². The van der Waals surface area contributed by atoms with E-state index in [9.17, 15) is 32.2 Å². The first kappa shape index (κ1) is 21.5. The number of rotatable bonds is 5. The van der Waals surface area contributed by atoms with Crippen molar-refractivity contribution in [2.75, 3.05) is 4.72 Å². The zero-order valence-corrected chi connectivity index (χ0v) is 16.9. The van der Waals surface area contributed by atoms with Crippen molar-refractivity contribution in [3.8, 4) is 16.9 Å². The van der Waals surface area contributed by atoms with Crippen molar-refractivity contribution in [1.82, 2.24) is 0 Å². The molecule has 3 rings (SSSR count). The maximum Gasteiger partial charge on any atom is 0.336 e. The van der Waals surface area contributed by atoms with Gasteiger partial charge in [-0.2, -0.15) is 0 Å². The van der Waals surface area contributed by atoms with Crippen LogP contribution in [-0.2, 0) is 10.0 Å². The summed E-state index contributed by atoms with van der Waals surface area (Å²) < 4.78 is 56.3. The van der Waals surface area contributed by atoms with Crippen LogP contribution < -0.4 is 4.72 Å². The Morgan fingerprint density at radius 3 is 2.30 bits per heavy atom. The minimum atomic E-state index is -4.70. The second kappa shape index (κ2) is 7.92. The van der Waals surface area contributed by atoms with Crippen molar-refractivity contribution in [2.45, 2.75) is 11.8 Å². The molecule has 0 spiro atoms. The number of sulfonamides is 1. The Hall–Kier alpha value is -3.17. The summed E-state index contributed by atoms with van der Waals surface area (Å²) in [5.41, 5.74) is -1.03. The summed E-state index contributed by atoms with van der Waals surface area (Å²) in [5.74, 6) is -4.47. The van der Waals surface area contributed by atoms with Crippen LogP contribution in [0, 0.1) is 18.6 Å². The van der Waals surface area contributed by atoms with Crippen molar-refractivity contribution in [2.24, 2.45) is 0 Å². The highest BCUT2D eigenvalue weighted by Crippen LogP contribution is 2.37. The van der Waals surface area contributed by atoms with Gasteiger partial charge in [0.25, 0.3) is 10.0 Å². The molecular weight excluding hydrogens is 440 g/mol. The van der Waals surface area contributed by atoms with Gasteiger partial charge in [0.1, 0.15) is 16.5 Å². The predicted octanol–water partition coefficient (Wildman–Crippen LogP) is 4.80. The maximum atomic E-state index is 14.3. The van der Waals surface area contributed by atoms with E-state index in [2.05, 4.69) is 0 Å². The van der Waals surface area contributed by atoms with E-state index in [1.54, 1.807) is 30.3 Å². The number of halogens is 3. The van der Waals surface area contributed by atoms with Gasteiger partial charge in [0, 0.05) is 11.6 Å². The van der Waals surface area contributed by atoms with E-state index >= 15 is 0 Å². The Morgan fingerprint density at radius 1 is 1.07 bits per heavy atom. The van der Waals surface area contributed by atoms with Gasteiger partial charge in [-0.15, -0.1) is 0 Å². The molecule has 3 aromatic rings. The molecule has 0 atom stereocenters. The molecule has 0 fully saturated rings. The van der Waals surface area contributed by atoms with Crippen molar-refractivity contribution in [3.63, 3.8) is 0 Å². The zero-order chi connectivity index (χ0) is 22.2. The number of anilines is 1. The molecule has 3 aromatic carbocycles. The quantitative estimate of drug-likeness (QED) is 0.515. The highest BCUT2D eigenvalue weighted by Gasteiger charge is 2.29. The first-order valence-electron chi connectivity index (χ1n) is 8.35. The molecule has 0 aromatic heterocycles. The van der Waals surface area contributed by atoms with Gasteiger partial charge in [-0.05, 0) is 30.2 Å². The first-order chi connectivity index (χ1) is 14.0. The highest BCUT2D eigenvalue weighted by atomic mass is 35.5. The number of aromatic hydroxyl groups is 1. The van der Waals surface area contributed by atoms with Crippen LogP contribution in [0.15, 0.2) is 53.4 Å². The molecule has 10 heteroatoms. The summed E-state index contributed by atoms with van der Waals surface area (Å²) in [6.45, 7) is 1.16. The Balaban J connectivity index is 2.15. The van der Waals surface area contributed by atoms with Crippen molar-refractivity contribution >= 4 is 33.3 Å². The fourth-order valence-electron chi connectivity index (χ4n) is 2.92. The summed E-state index contributed by atoms with van der Waals surface area (Å²) in [5, 5.41) is 18.9. The summed E-state index contributed by atoms with van der Waals surface area (Å²) in [6, 6.07) is 10.5. The average molecular weight is 454 g/mol. The van der Waals surface area contributed by atoms with Gasteiger partial charge in [-0.3, -0.25) is 4.72 Å². The minimum Gasteiger partial charge on any atom is -0.505 e. The molecule has 0 bridgehead atoms. The molecule has 0 amide bonds. The van der Waals surface area contributed by atoms with Crippen LogP contribution in [0.1, 0.15) is 15.9 Å². The number of benzene rings is 3. The van der Waals surface area contributed by atoms with E-state index < -0.39 is 54.5 Å². The van der Waals surface area contributed by atoms with E-state index in [4.69, 9.17) is 11.6 Å². The van der Waals surface area contributed by atoms with Crippen LogP contribution in [0.3, 0.4) is 0 Å². The highest BCUT2D eigenvalue weighted by molar-refractivity contribution is 7.92. The van der Waals surface area contributed by atoms with Gasteiger partial charge in [0.2, 0.25) is 0 Å². The lowest BCUT2D eigenvalue weighted by Crippen LogP contribution is -2.17. The smallest absolute Gasteiger partial charge is 0.336 e. The van der Waals surface area contributed by atoms with E-state index in [1.807, 2.05) is 4.72 Å². The van der Waals surface area contributed by atoms with Crippen molar-refractivity contribution < 1.29 is 32.2 Å². The second-order valence-electron chi connectivity index (χ2n) is 6.30. The number of phenolic OH excluding ortho intramolecular Hbond substituents is 1. The Morgan fingerprint density at radius 2 is 1.70 bits per heavy atom. The Kier molecular flexibility index (Phi) is 5.69. The van der Waals surface area contributed by atoms with Gasteiger partial charge in [-0.1, -0.05) is 41.9 Å². The number of hydrogen-bond donors (Lipinski definition) is 3. The van der Waals surface area contributed by atoms with Gasteiger partial charge < -0.3 is 10.2 Å². The predicted molar refractivity (Wildman–Crippen MR) is 107 cm³/mol. The van der Waals surface area contributed by atoms with E-state index in [0.717, 1.165) is 19.1 Å². The molecule has 0 saturated heterocycles. The van der Waals surface area contributed by atoms with Crippen LogP contribution in [0.4, 0.5) is 14.5 Å². The van der Waals surface area contributed by atoms with Gasteiger partial charge in [-0.25, -0.2) is 22.0 Å². The number of carbonyl (C=O) groups is 1. The summed E-state index contributed by atoms with van der Waals surface area (Å²) >= 11 is 5.77. The third-order valence-corrected chi connectivity index (χ3v) is 6.16. The van der Waals surface area contributed by atoms with Crippen LogP contribution in [0.5, 0.6) is 5.75 Å². The molecule has 0 radical (unpaired) electrons. The summed E-state index contributed by atoms with van der Waals surface area (Å²) in [6.07, 6.45) is 0. The fraction of sp³-hybridized carbons (Fsp3) is 0.0500. The summed E-state index contributed by atoms with van der Waals surface area (Å²) in [4.78, 5) is 10.5. The Bertz CT molecular complexity index is 1260. The second-order valence-corrected chi connectivity index (χ2v) is 8.32. The zero-order valence-electron chi connectivity index (χ0n) is 15.3. The van der Waals surface area contributed by atoms with Gasteiger partial charge in [0.05, 0.1) is 16.3 Å². The maximum absolute atomic E-state index is 14.3. The molecule has 0 heterocycles. The molecule has 0 aliphatic carbocycles. The average Bonchev–Trinajstić information content (AvgIpc) is 2.67. The standard InChI is InChI=1S/C20H14ClF2NO5S/c1-10-12(20(26)27)7-14(21)18(25)19(10)30(28,29)24-17-8-13(15(22)9-16(17)23)11-5-3-2-4-6-11/h2-9,24-25H,1H3,(H,26,27). The van der Waals surface area contributed by atoms with E-state index in [-0.39, 0.29) is 11.1 Å². The number of nitrogens with one attached hydrogen (secondary N) is 1. The largest absolute Gasteiger partial charge is 0.505 e. The topological polar surface area (TPSA) is 104 Å². The van der Waals surface area contributed by atoms with Crippen LogP contribution in [-0.4, -0.2) is 24.6 Å². The fourth-order valence-corrected chi connectivity index (χ4v) is 4.61. The number of carboxylic acid groups (broad SMARTS) is 1. The number of hydrogen-bond acceptors (Lipinski definition) is 4. The molecule has 30 heavy (non-hydrogen) atoms. The van der Waals surface area contributed by atoms with Crippen LogP contribution in [0.25, 0.3) is 11.1 Å². The lowest BCUT2D eigenvalue weighted by molar-refractivity contribution is 0.0695. The minimum absolute atomic E-state index is 0.0621. The molecule has 0 saturated carbocycles. The molecule has 0 aliphatic rings. The normalized spacial score (nSPS) is 11.3. The van der Waals surface area contributed by atoms with E-state index in [1.165, 1.54) is 0 Å². The van der Waals surface area contributed by atoms with Gasteiger partial charge >= 0.3 is 5.97 Å². The third-order valence-electron chi connectivity index (χ3n) is 4.34. The van der Waals surface area contributed by atoms with Crippen molar-refractivity contribution in [1.29, 1.82) is 0 Å². The SMILES string of the molecule is Cc1c(C(=O)O)cc(Cl)c(O)c1S(=O)(=O)Nc1cc(-c2ccccc2)c(F)cc1F. The molecule has 3 N–H and O–H groups in total. The van der Waals surface area contributed by atoms with Gasteiger partial charge in [0.15, 0.2) is 5.75 Å². The first-order valence-corrected chi connectivity index (χ1v) is 10.2. The molecular formula is C20H14ClF2NO5S. The molecule has 156 valence electrons. The Labute approximate surface area is 175 Å². The monoisotopic (exact) mass is 453 g/mol. The number of aromatic carboxylic acids is 1. The number of phenols is 1.